The highest BCUT2D eigenvalue weighted by molar-refractivity contribution is 6.30. The molecule has 0 radical (unpaired) electrons. The zero-order chi connectivity index (χ0) is 21.2. The Labute approximate surface area is 183 Å². The van der Waals surface area contributed by atoms with Gasteiger partial charge >= 0.3 is 0 Å². The lowest BCUT2D eigenvalue weighted by atomic mass is 9.80. The van der Waals surface area contributed by atoms with Gasteiger partial charge in [0.15, 0.2) is 5.78 Å². The Balaban J connectivity index is 1.63. The van der Waals surface area contributed by atoms with Gasteiger partial charge in [0.2, 0.25) is 0 Å². The first-order valence-electron chi connectivity index (χ1n) is 11.0. The minimum absolute atomic E-state index is 0.0277. The van der Waals surface area contributed by atoms with Crippen LogP contribution in [0.5, 0.6) is 0 Å². The topological polar surface area (TPSA) is 37.3 Å². The lowest BCUT2D eigenvalue weighted by Gasteiger charge is -2.22. The van der Waals surface area contributed by atoms with E-state index in [1.807, 2.05) is 24.3 Å². The molecule has 2 bridgehead atoms. The number of ketones is 1. The van der Waals surface area contributed by atoms with Gasteiger partial charge in [-0.25, -0.2) is 0 Å². The molecule has 2 aromatic carbocycles. The van der Waals surface area contributed by atoms with Crippen LogP contribution in [-0.4, -0.2) is 10.9 Å². The Bertz CT molecular complexity index is 1100. The number of aryl methyl sites for hydroxylation is 1. The second kappa shape index (κ2) is 7.13. The maximum atomic E-state index is 13.7. The van der Waals surface area contributed by atoms with E-state index in [2.05, 4.69) is 39.0 Å². The van der Waals surface area contributed by atoms with Crippen LogP contribution >= 0.6 is 11.6 Å². The molecule has 3 heteroatoms. The van der Waals surface area contributed by atoms with E-state index in [-0.39, 0.29) is 17.6 Å². The molecular weight excluding hydrogens is 392 g/mol. The largest absolute Gasteiger partial charge is 0.511 e. The van der Waals surface area contributed by atoms with E-state index in [9.17, 15) is 9.90 Å². The van der Waals surface area contributed by atoms with Crippen molar-refractivity contribution in [1.82, 2.24) is 0 Å². The summed E-state index contributed by atoms with van der Waals surface area (Å²) in [6, 6.07) is 14.0. The van der Waals surface area contributed by atoms with Gasteiger partial charge in [-0.15, -0.1) is 0 Å². The molecule has 2 nitrogen and oxygen atoms in total. The molecule has 0 heterocycles. The predicted molar refractivity (Wildman–Crippen MR) is 122 cm³/mol. The molecule has 3 aliphatic carbocycles. The van der Waals surface area contributed by atoms with E-state index in [0.29, 0.717) is 28.2 Å². The highest BCUT2D eigenvalue weighted by Gasteiger charge is 2.60. The second-order valence-corrected chi connectivity index (χ2v) is 9.59. The highest BCUT2D eigenvalue weighted by Crippen LogP contribution is 2.63. The van der Waals surface area contributed by atoms with Crippen LogP contribution in [0.15, 0.2) is 59.4 Å². The normalized spacial score (nSPS) is 27.2. The molecule has 3 aliphatic rings. The van der Waals surface area contributed by atoms with E-state index in [1.54, 1.807) is 0 Å². The Morgan fingerprint density at radius 2 is 1.63 bits per heavy atom. The molecule has 154 valence electrons. The first-order chi connectivity index (χ1) is 14.4. The summed E-state index contributed by atoms with van der Waals surface area (Å²) in [4.78, 5) is 13.7. The van der Waals surface area contributed by atoms with Gasteiger partial charge < -0.3 is 5.11 Å². The lowest BCUT2D eigenvalue weighted by molar-refractivity contribution is -0.118. The van der Waals surface area contributed by atoms with Gasteiger partial charge in [0.05, 0.1) is 5.57 Å². The highest BCUT2D eigenvalue weighted by atomic mass is 35.5. The number of hydrogen-bond acceptors (Lipinski definition) is 2. The minimum atomic E-state index is -0.0763. The molecule has 0 saturated heterocycles. The number of Topliss-reactive ketones (excluding diaryl/α,β-unsaturated/α-hetero) is 1. The molecule has 30 heavy (non-hydrogen) atoms. The van der Waals surface area contributed by atoms with Crippen molar-refractivity contribution >= 4 is 23.0 Å². The molecule has 4 atom stereocenters. The van der Waals surface area contributed by atoms with Crippen LogP contribution in [0.3, 0.4) is 0 Å². The number of halogens is 1. The number of allylic oxidation sites excluding steroid dienone is 4. The third-order valence-electron chi connectivity index (χ3n) is 7.48. The maximum absolute atomic E-state index is 13.7. The molecular formula is C27H27ClO2. The number of aliphatic hydroxyl groups excluding tert-OH is 1. The molecule has 0 aliphatic heterocycles. The van der Waals surface area contributed by atoms with E-state index < -0.39 is 0 Å². The predicted octanol–water partition coefficient (Wildman–Crippen LogP) is 7.03. The summed E-state index contributed by atoms with van der Waals surface area (Å²) < 4.78 is 0. The maximum Gasteiger partial charge on any atom is 0.171 e. The summed E-state index contributed by atoms with van der Waals surface area (Å²) in [5, 5.41) is 12.0. The molecule has 0 amide bonds. The average molecular weight is 419 g/mol. The number of carbonyl (C=O) groups excluding carboxylic acids is 1. The smallest absolute Gasteiger partial charge is 0.171 e. The van der Waals surface area contributed by atoms with Crippen molar-refractivity contribution in [2.45, 2.75) is 40.0 Å². The van der Waals surface area contributed by atoms with Gasteiger partial charge in [-0.1, -0.05) is 53.9 Å². The van der Waals surface area contributed by atoms with Crippen LogP contribution < -0.4 is 0 Å². The first-order valence-corrected chi connectivity index (χ1v) is 11.3. The summed E-state index contributed by atoms with van der Waals surface area (Å²) >= 11 is 6.05. The standard InChI is InChI=1S/C27H27ClO2/c1-4-15-5-6-17(16-7-9-18(28)10-8-16)13-21(15)25-26(29)23-19-11-12-20(22(19)14(2)3)24(23)27(25)30/h5-10,13,19-20,23-24,29H,4,11-12H2,1-3H3/t19?,20?,23-,24+/m0/s1. The Morgan fingerprint density at radius 1 is 1.00 bits per heavy atom. The monoisotopic (exact) mass is 418 g/mol. The van der Waals surface area contributed by atoms with Gasteiger partial charge in [-0.2, -0.15) is 0 Å². The third kappa shape index (κ3) is 2.73. The SMILES string of the molecule is CCc1ccc(-c2ccc(Cl)cc2)cc1C1=C(O)[C@H]2C3CCC(C3=C(C)C)[C@H]2C1=O. The number of carbonyl (C=O) groups is 1. The number of hydrogen-bond donors (Lipinski definition) is 1. The van der Waals surface area contributed by atoms with Crippen LogP contribution in [0.1, 0.15) is 44.7 Å². The minimum Gasteiger partial charge on any atom is -0.511 e. The zero-order valence-electron chi connectivity index (χ0n) is 17.7. The van der Waals surface area contributed by atoms with Gasteiger partial charge in [0, 0.05) is 16.9 Å². The molecule has 5 rings (SSSR count). The zero-order valence-corrected chi connectivity index (χ0v) is 18.5. The first kappa shape index (κ1) is 19.6. The Kier molecular flexibility index (Phi) is 4.67. The van der Waals surface area contributed by atoms with Crippen LogP contribution in [-0.2, 0) is 11.2 Å². The Morgan fingerprint density at radius 3 is 2.23 bits per heavy atom. The molecule has 1 N–H and O–H groups in total. The number of fused-ring (bicyclic) bond motifs is 5. The summed E-state index contributed by atoms with van der Waals surface area (Å²) in [7, 11) is 0. The van der Waals surface area contributed by atoms with E-state index >= 15 is 0 Å². The quantitative estimate of drug-likeness (QED) is 0.543. The van der Waals surface area contributed by atoms with Crippen molar-refractivity contribution in [3.05, 3.63) is 75.5 Å². The average Bonchev–Trinajstić information content (AvgIpc) is 3.38. The van der Waals surface area contributed by atoms with E-state index in [4.69, 9.17) is 11.6 Å². The van der Waals surface area contributed by atoms with Crippen LogP contribution in [0, 0.1) is 23.7 Å². The van der Waals surface area contributed by atoms with Crippen molar-refractivity contribution < 1.29 is 9.90 Å². The van der Waals surface area contributed by atoms with E-state index in [0.717, 1.165) is 41.5 Å². The summed E-state index contributed by atoms with van der Waals surface area (Å²) in [6.45, 7) is 6.40. The summed E-state index contributed by atoms with van der Waals surface area (Å²) in [5.41, 5.74) is 7.45. The van der Waals surface area contributed by atoms with Crippen LogP contribution in [0.4, 0.5) is 0 Å². The summed E-state index contributed by atoms with van der Waals surface area (Å²) in [6.07, 6.45) is 2.98. The number of benzene rings is 2. The van der Waals surface area contributed by atoms with Gasteiger partial charge in [0.1, 0.15) is 5.76 Å². The molecule has 2 saturated carbocycles. The molecule has 2 unspecified atom stereocenters. The van der Waals surface area contributed by atoms with Gasteiger partial charge in [-0.05, 0) is 85.4 Å². The second-order valence-electron chi connectivity index (χ2n) is 9.15. The molecule has 0 spiro atoms. The summed E-state index contributed by atoms with van der Waals surface area (Å²) in [5.74, 6) is 1.01. The molecule has 2 fully saturated rings. The molecule has 2 aromatic rings. The van der Waals surface area contributed by atoms with Crippen molar-refractivity contribution in [3.8, 4) is 11.1 Å². The van der Waals surface area contributed by atoms with Crippen molar-refractivity contribution in [2.24, 2.45) is 23.7 Å². The van der Waals surface area contributed by atoms with Crippen LogP contribution in [0.25, 0.3) is 16.7 Å². The van der Waals surface area contributed by atoms with Crippen molar-refractivity contribution in [2.75, 3.05) is 0 Å². The van der Waals surface area contributed by atoms with Gasteiger partial charge in [0.25, 0.3) is 0 Å². The van der Waals surface area contributed by atoms with Crippen molar-refractivity contribution in [3.63, 3.8) is 0 Å². The van der Waals surface area contributed by atoms with Crippen LogP contribution in [0.2, 0.25) is 5.02 Å². The lowest BCUT2D eigenvalue weighted by Crippen LogP contribution is -2.24. The van der Waals surface area contributed by atoms with Crippen molar-refractivity contribution in [1.29, 1.82) is 0 Å². The fourth-order valence-corrected chi connectivity index (χ4v) is 6.44. The van der Waals surface area contributed by atoms with Gasteiger partial charge in [-0.3, -0.25) is 4.79 Å². The molecule has 0 aromatic heterocycles. The fourth-order valence-electron chi connectivity index (χ4n) is 6.31. The fraction of sp³-hybridized carbons (Fsp3) is 0.370. The Hall–Kier alpha value is -2.32. The van der Waals surface area contributed by atoms with E-state index in [1.165, 1.54) is 11.1 Å². The number of rotatable bonds is 3. The number of aliphatic hydroxyl groups is 1. The third-order valence-corrected chi connectivity index (χ3v) is 7.73.